The van der Waals surface area contributed by atoms with Gasteiger partial charge in [-0.1, -0.05) is 0 Å². The van der Waals surface area contributed by atoms with Crippen molar-refractivity contribution < 1.29 is 4.39 Å². The van der Waals surface area contributed by atoms with Gasteiger partial charge in [0.15, 0.2) is 0 Å². The van der Waals surface area contributed by atoms with Gasteiger partial charge in [0.05, 0.1) is 23.9 Å². The SMILES string of the molecule is N#Cc1ccc(N2C=CN=CC2)c(F)c1. The smallest absolute Gasteiger partial charge is 0.148 e. The van der Waals surface area contributed by atoms with Crippen LogP contribution in [0.3, 0.4) is 0 Å². The highest BCUT2D eigenvalue weighted by atomic mass is 19.1. The predicted octanol–water partition coefficient (Wildman–Crippen LogP) is 2.06. The quantitative estimate of drug-likeness (QED) is 0.697. The summed E-state index contributed by atoms with van der Waals surface area (Å²) in [7, 11) is 0. The summed E-state index contributed by atoms with van der Waals surface area (Å²) in [4.78, 5) is 5.62. The van der Waals surface area contributed by atoms with Crippen molar-refractivity contribution in [3.63, 3.8) is 0 Å². The molecular weight excluding hydrogens is 193 g/mol. The summed E-state index contributed by atoms with van der Waals surface area (Å²) in [6, 6.07) is 6.32. The zero-order valence-corrected chi connectivity index (χ0v) is 7.89. The highest BCUT2D eigenvalue weighted by molar-refractivity contribution is 5.70. The summed E-state index contributed by atoms with van der Waals surface area (Å²) < 4.78 is 13.6. The molecule has 0 aromatic heterocycles. The second-order valence-corrected chi connectivity index (χ2v) is 3.06. The fourth-order valence-electron chi connectivity index (χ4n) is 1.36. The van der Waals surface area contributed by atoms with E-state index in [0.717, 1.165) is 0 Å². The number of rotatable bonds is 1. The lowest BCUT2D eigenvalue weighted by atomic mass is 10.2. The minimum absolute atomic E-state index is 0.325. The average molecular weight is 201 g/mol. The largest absolute Gasteiger partial charge is 0.339 e. The van der Waals surface area contributed by atoms with Crippen LogP contribution in [0.4, 0.5) is 10.1 Å². The Labute approximate surface area is 86.8 Å². The lowest BCUT2D eigenvalue weighted by Gasteiger charge is -2.20. The van der Waals surface area contributed by atoms with Crippen LogP contribution in [-0.4, -0.2) is 12.8 Å². The Hall–Kier alpha value is -2.15. The molecule has 1 aliphatic rings. The first-order chi connectivity index (χ1) is 7.31. The predicted molar refractivity (Wildman–Crippen MR) is 56.1 cm³/mol. The van der Waals surface area contributed by atoms with Gasteiger partial charge < -0.3 is 4.90 Å². The fraction of sp³-hybridized carbons (Fsp3) is 0.0909. The van der Waals surface area contributed by atoms with Crippen molar-refractivity contribution in [1.29, 1.82) is 5.26 Å². The van der Waals surface area contributed by atoms with Gasteiger partial charge in [-0.05, 0) is 18.2 Å². The summed E-state index contributed by atoms with van der Waals surface area (Å²) >= 11 is 0. The number of hydrogen-bond acceptors (Lipinski definition) is 3. The highest BCUT2D eigenvalue weighted by Crippen LogP contribution is 2.21. The number of benzene rings is 1. The van der Waals surface area contributed by atoms with Crippen molar-refractivity contribution in [3.05, 3.63) is 42.0 Å². The Morgan fingerprint density at radius 2 is 2.33 bits per heavy atom. The van der Waals surface area contributed by atoms with Gasteiger partial charge in [0.25, 0.3) is 0 Å². The maximum Gasteiger partial charge on any atom is 0.148 e. The Morgan fingerprint density at radius 1 is 1.47 bits per heavy atom. The van der Waals surface area contributed by atoms with E-state index >= 15 is 0 Å². The lowest BCUT2D eigenvalue weighted by Crippen LogP contribution is -2.21. The second kappa shape index (κ2) is 3.93. The van der Waals surface area contributed by atoms with Crippen LogP contribution in [0.15, 0.2) is 35.6 Å². The lowest BCUT2D eigenvalue weighted by molar-refractivity contribution is 0.626. The van der Waals surface area contributed by atoms with E-state index in [2.05, 4.69) is 4.99 Å². The van der Waals surface area contributed by atoms with E-state index in [4.69, 9.17) is 5.26 Å². The summed E-state index contributed by atoms with van der Waals surface area (Å²) in [5.41, 5.74) is 0.780. The summed E-state index contributed by atoms with van der Waals surface area (Å²) in [5.74, 6) is -0.394. The van der Waals surface area contributed by atoms with Crippen molar-refractivity contribution in [1.82, 2.24) is 0 Å². The standard InChI is InChI=1S/C11H8FN3/c12-10-7-9(8-13)1-2-11(10)15-5-3-14-4-6-15/h1-5,7H,6H2. The number of anilines is 1. The van der Waals surface area contributed by atoms with Crippen LogP contribution in [0.25, 0.3) is 0 Å². The number of hydrogen-bond donors (Lipinski definition) is 0. The molecule has 0 amide bonds. The maximum absolute atomic E-state index is 13.6. The van der Waals surface area contributed by atoms with Crippen molar-refractivity contribution in [3.8, 4) is 6.07 Å². The van der Waals surface area contributed by atoms with E-state index in [1.807, 2.05) is 6.07 Å². The molecule has 1 aromatic rings. The molecule has 0 radical (unpaired) electrons. The molecule has 0 saturated heterocycles. The maximum atomic E-state index is 13.6. The Kier molecular flexibility index (Phi) is 2.46. The molecule has 0 spiro atoms. The van der Waals surface area contributed by atoms with E-state index < -0.39 is 5.82 Å². The van der Waals surface area contributed by atoms with Crippen LogP contribution in [0.1, 0.15) is 5.56 Å². The minimum Gasteiger partial charge on any atom is -0.339 e. The molecule has 0 fully saturated rings. The van der Waals surface area contributed by atoms with Gasteiger partial charge in [-0.15, -0.1) is 0 Å². The van der Waals surface area contributed by atoms with Gasteiger partial charge in [-0.3, -0.25) is 4.99 Å². The van der Waals surface area contributed by atoms with Crippen molar-refractivity contribution in [2.45, 2.75) is 0 Å². The molecule has 0 aliphatic carbocycles. The van der Waals surface area contributed by atoms with E-state index in [1.165, 1.54) is 6.07 Å². The van der Waals surface area contributed by atoms with E-state index in [-0.39, 0.29) is 0 Å². The topological polar surface area (TPSA) is 39.4 Å². The molecule has 0 bridgehead atoms. The Balaban J connectivity index is 2.33. The van der Waals surface area contributed by atoms with Crippen LogP contribution < -0.4 is 4.90 Å². The third kappa shape index (κ3) is 1.86. The highest BCUT2D eigenvalue weighted by Gasteiger charge is 2.10. The van der Waals surface area contributed by atoms with Crippen molar-refractivity contribution >= 4 is 11.9 Å². The van der Waals surface area contributed by atoms with Gasteiger partial charge in [-0.25, -0.2) is 4.39 Å². The Morgan fingerprint density at radius 3 is 2.93 bits per heavy atom. The normalized spacial score (nSPS) is 14.0. The third-order valence-corrected chi connectivity index (χ3v) is 2.10. The number of nitriles is 1. The summed E-state index contributed by atoms with van der Waals surface area (Å²) in [5, 5.41) is 8.60. The van der Waals surface area contributed by atoms with Gasteiger partial charge in [0, 0.05) is 18.6 Å². The molecule has 74 valence electrons. The van der Waals surface area contributed by atoms with Gasteiger partial charge in [0.2, 0.25) is 0 Å². The van der Waals surface area contributed by atoms with E-state index in [0.29, 0.717) is 17.8 Å². The van der Waals surface area contributed by atoms with Crippen LogP contribution >= 0.6 is 0 Å². The molecule has 0 unspecified atom stereocenters. The minimum atomic E-state index is -0.394. The average Bonchev–Trinajstić information content (AvgIpc) is 2.30. The first-order valence-electron chi connectivity index (χ1n) is 4.46. The first-order valence-corrected chi connectivity index (χ1v) is 4.46. The molecule has 0 N–H and O–H groups in total. The number of nitrogens with zero attached hydrogens (tertiary/aromatic N) is 3. The number of aliphatic imine (C=N–C) groups is 1. The Bertz CT molecular complexity index is 471. The zero-order valence-electron chi connectivity index (χ0n) is 7.89. The van der Waals surface area contributed by atoms with Gasteiger partial charge in [0.1, 0.15) is 5.82 Å². The third-order valence-electron chi connectivity index (χ3n) is 2.10. The van der Waals surface area contributed by atoms with Crippen LogP contribution in [-0.2, 0) is 0 Å². The molecule has 4 heteroatoms. The molecule has 15 heavy (non-hydrogen) atoms. The van der Waals surface area contributed by atoms with Gasteiger partial charge in [-0.2, -0.15) is 5.26 Å². The fourth-order valence-corrected chi connectivity index (χ4v) is 1.36. The molecule has 3 nitrogen and oxygen atoms in total. The van der Waals surface area contributed by atoms with Crippen LogP contribution in [0, 0.1) is 17.1 Å². The second-order valence-electron chi connectivity index (χ2n) is 3.06. The molecule has 0 saturated carbocycles. The van der Waals surface area contributed by atoms with Crippen LogP contribution in [0.5, 0.6) is 0 Å². The molecule has 0 atom stereocenters. The van der Waals surface area contributed by atoms with E-state index in [9.17, 15) is 4.39 Å². The molecule has 1 aromatic carbocycles. The number of halogens is 1. The first kappa shape index (κ1) is 9.41. The zero-order chi connectivity index (χ0) is 10.7. The van der Waals surface area contributed by atoms with E-state index in [1.54, 1.807) is 35.6 Å². The van der Waals surface area contributed by atoms with Crippen LogP contribution in [0.2, 0.25) is 0 Å². The molecule has 1 aliphatic heterocycles. The monoisotopic (exact) mass is 201 g/mol. The van der Waals surface area contributed by atoms with Crippen molar-refractivity contribution in [2.75, 3.05) is 11.4 Å². The molecule has 1 heterocycles. The van der Waals surface area contributed by atoms with Gasteiger partial charge >= 0.3 is 0 Å². The summed E-state index contributed by atoms with van der Waals surface area (Å²) in [6.45, 7) is 0.541. The molecule has 2 rings (SSSR count). The summed E-state index contributed by atoms with van der Waals surface area (Å²) in [6.07, 6.45) is 4.99. The van der Waals surface area contributed by atoms with Crippen molar-refractivity contribution in [2.24, 2.45) is 4.99 Å². The molecular formula is C11H8FN3.